The summed E-state index contributed by atoms with van der Waals surface area (Å²) in [5.74, 6) is -1.000. The van der Waals surface area contributed by atoms with Gasteiger partial charge in [0.05, 0.1) is 11.4 Å². The summed E-state index contributed by atoms with van der Waals surface area (Å²) in [5.41, 5.74) is 1.11. The molecule has 0 heterocycles. The molecule has 1 amide bonds. The van der Waals surface area contributed by atoms with Crippen LogP contribution in [0.2, 0.25) is 5.02 Å². The van der Waals surface area contributed by atoms with Gasteiger partial charge in [-0.15, -0.1) is 0 Å². The second-order valence-electron chi connectivity index (χ2n) is 5.14. The van der Waals surface area contributed by atoms with Crippen LogP contribution in [0.3, 0.4) is 0 Å². The van der Waals surface area contributed by atoms with Gasteiger partial charge in [-0.3, -0.25) is 4.79 Å². The van der Waals surface area contributed by atoms with Crippen molar-refractivity contribution in [3.8, 4) is 0 Å². The normalized spacial score (nSPS) is 11.3. The van der Waals surface area contributed by atoms with Crippen LogP contribution < -0.4 is 10.0 Å². The molecule has 0 bridgehead atoms. The fourth-order valence-electron chi connectivity index (χ4n) is 2.02. The van der Waals surface area contributed by atoms with Crippen LogP contribution in [0.1, 0.15) is 11.1 Å². The molecule has 0 fully saturated rings. The van der Waals surface area contributed by atoms with Crippen LogP contribution >= 0.6 is 11.6 Å². The van der Waals surface area contributed by atoms with Crippen molar-refractivity contribution in [2.75, 3.05) is 6.54 Å². The number of halogens is 2. The number of benzene rings is 2. The summed E-state index contributed by atoms with van der Waals surface area (Å²) in [6.07, 6.45) is 0. The van der Waals surface area contributed by atoms with Gasteiger partial charge in [-0.05, 0) is 48.4 Å². The third-order valence-electron chi connectivity index (χ3n) is 3.25. The molecule has 0 saturated heterocycles. The first kappa shape index (κ1) is 18.4. The summed E-state index contributed by atoms with van der Waals surface area (Å²) in [7, 11) is -3.89. The molecular weight excluding hydrogens is 355 g/mol. The van der Waals surface area contributed by atoms with E-state index >= 15 is 0 Å². The number of aryl methyl sites for hydroxylation is 1. The minimum atomic E-state index is -3.89. The maximum atomic E-state index is 13.0. The van der Waals surface area contributed by atoms with Crippen LogP contribution in [0.15, 0.2) is 47.4 Å². The number of sulfonamides is 1. The average Bonchev–Trinajstić information content (AvgIpc) is 2.52. The van der Waals surface area contributed by atoms with Crippen LogP contribution in [-0.4, -0.2) is 20.9 Å². The van der Waals surface area contributed by atoms with Gasteiger partial charge in [0.2, 0.25) is 15.9 Å². The first-order valence-electron chi connectivity index (χ1n) is 7.05. The van der Waals surface area contributed by atoms with E-state index in [-0.39, 0.29) is 17.0 Å². The zero-order chi connectivity index (χ0) is 17.7. The van der Waals surface area contributed by atoms with Gasteiger partial charge in [0, 0.05) is 11.6 Å². The Morgan fingerprint density at radius 2 is 1.83 bits per heavy atom. The smallest absolute Gasteiger partial charge is 0.241 e. The van der Waals surface area contributed by atoms with Crippen molar-refractivity contribution in [2.24, 2.45) is 0 Å². The molecule has 0 unspecified atom stereocenters. The lowest BCUT2D eigenvalue weighted by molar-refractivity contribution is -0.120. The van der Waals surface area contributed by atoms with Gasteiger partial charge < -0.3 is 5.32 Å². The Kier molecular flexibility index (Phi) is 5.93. The molecule has 0 aromatic heterocycles. The van der Waals surface area contributed by atoms with Crippen LogP contribution in [0.5, 0.6) is 0 Å². The highest BCUT2D eigenvalue weighted by Crippen LogP contribution is 2.15. The molecule has 0 radical (unpaired) electrons. The number of rotatable bonds is 6. The first-order valence-corrected chi connectivity index (χ1v) is 8.91. The van der Waals surface area contributed by atoms with Crippen molar-refractivity contribution >= 4 is 27.5 Å². The fraction of sp³-hybridized carbons (Fsp3) is 0.188. The number of nitrogens with one attached hydrogen (secondary N) is 2. The lowest BCUT2D eigenvalue weighted by atomic mass is 10.2. The molecule has 0 aliphatic heterocycles. The van der Waals surface area contributed by atoms with E-state index in [1.54, 1.807) is 24.3 Å². The topological polar surface area (TPSA) is 75.3 Å². The zero-order valence-corrected chi connectivity index (χ0v) is 14.4. The molecule has 128 valence electrons. The van der Waals surface area contributed by atoms with Crippen LogP contribution in [-0.2, 0) is 21.4 Å². The van der Waals surface area contributed by atoms with Crippen molar-refractivity contribution in [3.63, 3.8) is 0 Å². The molecule has 24 heavy (non-hydrogen) atoms. The summed E-state index contributed by atoms with van der Waals surface area (Å²) in [5, 5.41) is 3.19. The Labute approximate surface area is 144 Å². The Bertz CT molecular complexity index is 839. The Morgan fingerprint density at radius 1 is 1.17 bits per heavy atom. The van der Waals surface area contributed by atoms with Gasteiger partial charge in [-0.2, -0.15) is 0 Å². The number of hydrogen-bond acceptors (Lipinski definition) is 3. The molecule has 0 aliphatic carbocycles. The van der Waals surface area contributed by atoms with Crippen molar-refractivity contribution in [1.29, 1.82) is 0 Å². The van der Waals surface area contributed by atoms with E-state index in [1.165, 1.54) is 13.0 Å². The van der Waals surface area contributed by atoms with Crippen LogP contribution in [0.4, 0.5) is 4.39 Å². The molecule has 2 N–H and O–H groups in total. The molecule has 2 aromatic rings. The number of amides is 1. The van der Waals surface area contributed by atoms with Crippen molar-refractivity contribution < 1.29 is 17.6 Å². The SMILES string of the molecule is Cc1cc(F)ccc1S(=O)(=O)NCC(=O)NCc1ccc(Cl)cc1. The van der Waals surface area contributed by atoms with E-state index in [0.717, 1.165) is 17.7 Å². The fourth-order valence-corrected chi connectivity index (χ4v) is 3.35. The van der Waals surface area contributed by atoms with Gasteiger partial charge in [-0.1, -0.05) is 23.7 Å². The predicted molar refractivity (Wildman–Crippen MR) is 89.6 cm³/mol. The van der Waals surface area contributed by atoms with E-state index < -0.39 is 28.3 Å². The monoisotopic (exact) mass is 370 g/mol. The third-order valence-corrected chi connectivity index (χ3v) is 5.07. The van der Waals surface area contributed by atoms with Gasteiger partial charge in [-0.25, -0.2) is 17.5 Å². The molecule has 0 aliphatic rings. The molecule has 8 heteroatoms. The number of carbonyl (C=O) groups excluding carboxylic acids is 1. The van der Waals surface area contributed by atoms with Gasteiger partial charge in [0.15, 0.2) is 0 Å². The average molecular weight is 371 g/mol. The lowest BCUT2D eigenvalue weighted by Crippen LogP contribution is -2.36. The minimum absolute atomic E-state index is 0.0607. The third kappa shape index (κ3) is 5.02. The highest BCUT2D eigenvalue weighted by molar-refractivity contribution is 7.89. The number of carbonyl (C=O) groups is 1. The maximum absolute atomic E-state index is 13.0. The van der Waals surface area contributed by atoms with E-state index in [2.05, 4.69) is 10.0 Å². The van der Waals surface area contributed by atoms with Crippen molar-refractivity contribution in [3.05, 3.63) is 64.4 Å². The van der Waals surface area contributed by atoms with Gasteiger partial charge >= 0.3 is 0 Å². The standard InChI is InChI=1S/C16H16ClFN2O3S/c1-11-8-14(18)6-7-15(11)24(22,23)20-10-16(21)19-9-12-2-4-13(17)5-3-12/h2-8,20H,9-10H2,1H3,(H,19,21). The summed E-state index contributed by atoms with van der Waals surface area (Å²) in [6, 6.07) is 10.3. The highest BCUT2D eigenvalue weighted by Gasteiger charge is 2.18. The summed E-state index contributed by atoms with van der Waals surface area (Å²) < 4.78 is 39.6. The van der Waals surface area contributed by atoms with Gasteiger partial charge in [0.25, 0.3) is 0 Å². The summed E-state index contributed by atoms with van der Waals surface area (Å²) in [6.45, 7) is 1.33. The Morgan fingerprint density at radius 3 is 2.46 bits per heavy atom. The van der Waals surface area contributed by atoms with Gasteiger partial charge in [0.1, 0.15) is 5.82 Å². The largest absolute Gasteiger partial charge is 0.351 e. The molecule has 2 aromatic carbocycles. The molecule has 2 rings (SSSR count). The summed E-state index contributed by atoms with van der Waals surface area (Å²) >= 11 is 5.77. The van der Waals surface area contributed by atoms with E-state index in [0.29, 0.717) is 5.02 Å². The highest BCUT2D eigenvalue weighted by atomic mass is 35.5. The minimum Gasteiger partial charge on any atom is -0.351 e. The van der Waals surface area contributed by atoms with E-state index in [9.17, 15) is 17.6 Å². The van der Waals surface area contributed by atoms with Crippen LogP contribution in [0.25, 0.3) is 0 Å². The van der Waals surface area contributed by atoms with E-state index in [4.69, 9.17) is 11.6 Å². The lowest BCUT2D eigenvalue weighted by Gasteiger charge is -2.10. The van der Waals surface area contributed by atoms with Crippen molar-refractivity contribution in [1.82, 2.24) is 10.0 Å². The quantitative estimate of drug-likeness (QED) is 0.819. The predicted octanol–water partition coefficient (Wildman–Crippen LogP) is 2.38. The Balaban J connectivity index is 1.91. The molecule has 0 spiro atoms. The molecule has 0 atom stereocenters. The van der Waals surface area contributed by atoms with Crippen molar-refractivity contribution in [2.45, 2.75) is 18.4 Å². The molecule has 0 saturated carbocycles. The zero-order valence-electron chi connectivity index (χ0n) is 12.8. The Hall–Kier alpha value is -1.96. The summed E-state index contributed by atoms with van der Waals surface area (Å²) in [4.78, 5) is 11.7. The van der Waals surface area contributed by atoms with Crippen LogP contribution in [0, 0.1) is 12.7 Å². The molecule has 5 nitrogen and oxygen atoms in total. The molecular formula is C16H16ClFN2O3S. The maximum Gasteiger partial charge on any atom is 0.241 e. The second kappa shape index (κ2) is 7.74. The van der Waals surface area contributed by atoms with E-state index in [1.807, 2.05) is 0 Å². The number of hydrogen-bond donors (Lipinski definition) is 2. The second-order valence-corrected chi connectivity index (χ2v) is 7.31. The first-order chi connectivity index (χ1) is 11.3.